The molecule has 0 saturated carbocycles. The zero-order valence-corrected chi connectivity index (χ0v) is 17.4. The van der Waals surface area contributed by atoms with Crippen molar-refractivity contribution in [3.63, 3.8) is 0 Å². The van der Waals surface area contributed by atoms with Crippen LogP contribution >= 0.6 is 0 Å². The number of aliphatic hydroxyl groups is 1. The lowest BCUT2D eigenvalue weighted by molar-refractivity contribution is 0.188. The zero-order chi connectivity index (χ0) is 20.8. The molecule has 1 N–H and O–H groups in total. The molecule has 4 rings (SSSR count). The summed E-state index contributed by atoms with van der Waals surface area (Å²) >= 11 is 0. The fourth-order valence-electron chi connectivity index (χ4n) is 3.72. The van der Waals surface area contributed by atoms with Crippen molar-refractivity contribution in [1.82, 2.24) is 14.9 Å². The highest BCUT2D eigenvalue weighted by Gasteiger charge is 2.21. The molecule has 2 heterocycles. The summed E-state index contributed by atoms with van der Waals surface area (Å²) in [7, 11) is 2.05. The number of aliphatic hydroxyl groups excluding tert-OH is 1. The lowest BCUT2D eigenvalue weighted by atomic mass is 10.2. The molecule has 1 aliphatic rings. The van der Waals surface area contributed by atoms with Crippen LogP contribution in [0, 0.1) is 0 Å². The second kappa shape index (κ2) is 9.73. The highest BCUT2D eigenvalue weighted by molar-refractivity contribution is 5.90. The van der Waals surface area contributed by atoms with Gasteiger partial charge in [0.25, 0.3) is 0 Å². The molecule has 158 valence electrons. The van der Waals surface area contributed by atoms with Crippen LogP contribution in [0.15, 0.2) is 54.6 Å². The van der Waals surface area contributed by atoms with Gasteiger partial charge in [-0.15, -0.1) is 0 Å². The summed E-state index contributed by atoms with van der Waals surface area (Å²) in [5, 5.41) is 10.2. The average Bonchev–Trinajstić information content (AvgIpc) is 2.80. The lowest BCUT2D eigenvalue weighted by Crippen LogP contribution is -2.47. The van der Waals surface area contributed by atoms with E-state index in [-0.39, 0.29) is 6.61 Å². The van der Waals surface area contributed by atoms with E-state index in [2.05, 4.69) is 20.8 Å². The van der Waals surface area contributed by atoms with Crippen LogP contribution in [0.1, 0.15) is 0 Å². The van der Waals surface area contributed by atoms with Crippen molar-refractivity contribution >= 4 is 22.7 Å². The van der Waals surface area contributed by atoms with E-state index in [0.717, 1.165) is 67.7 Å². The Kier molecular flexibility index (Phi) is 6.61. The van der Waals surface area contributed by atoms with Crippen LogP contribution in [-0.4, -0.2) is 79.5 Å². The van der Waals surface area contributed by atoms with Gasteiger partial charge in [0.15, 0.2) is 0 Å². The van der Waals surface area contributed by atoms with E-state index >= 15 is 0 Å². The monoisotopic (exact) mass is 407 g/mol. The molecule has 1 aliphatic heterocycles. The van der Waals surface area contributed by atoms with Crippen LogP contribution in [0.3, 0.4) is 0 Å². The second-order valence-corrected chi connectivity index (χ2v) is 7.50. The van der Waals surface area contributed by atoms with Crippen LogP contribution in [0.25, 0.3) is 10.9 Å². The van der Waals surface area contributed by atoms with Gasteiger partial charge >= 0.3 is 0 Å². The molecular formula is C23H29N5O2. The van der Waals surface area contributed by atoms with Gasteiger partial charge < -0.3 is 19.6 Å². The van der Waals surface area contributed by atoms with E-state index in [1.54, 1.807) is 0 Å². The van der Waals surface area contributed by atoms with Gasteiger partial charge in [-0.05, 0) is 24.3 Å². The number of β-amino-alcohol motifs (C(OH)–C–C–N with tert-alkyl or cyclic N) is 1. The SMILES string of the molecule is CN(CCOc1ccccc1)c1nc(N2CCN(CCO)CC2)nc2ccccc12. The number of para-hydroxylation sites is 2. The minimum atomic E-state index is 0.201. The van der Waals surface area contributed by atoms with Crippen LogP contribution < -0.4 is 14.5 Å². The van der Waals surface area contributed by atoms with Gasteiger partial charge in [0, 0.05) is 45.2 Å². The first-order valence-electron chi connectivity index (χ1n) is 10.5. The normalized spacial score (nSPS) is 14.8. The van der Waals surface area contributed by atoms with Crippen molar-refractivity contribution in [2.45, 2.75) is 0 Å². The number of anilines is 2. The predicted molar refractivity (Wildman–Crippen MR) is 120 cm³/mol. The Morgan fingerprint density at radius 2 is 1.70 bits per heavy atom. The molecule has 7 heteroatoms. The molecule has 2 aromatic carbocycles. The van der Waals surface area contributed by atoms with E-state index in [4.69, 9.17) is 19.8 Å². The topological polar surface area (TPSA) is 65.0 Å². The van der Waals surface area contributed by atoms with Crippen molar-refractivity contribution in [1.29, 1.82) is 0 Å². The van der Waals surface area contributed by atoms with Crippen LogP contribution in [0.5, 0.6) is 5.75 Å². The summed E-state index contributed by atoms with van der Waals surface area (Å²) < 4.78 is 5.87. The third-order valence-corrected chi connectivity index (χ3v) is 5.44. The van der Waals surface area contributed by atoms with Gasteiger partial charge in [-0.3, -0.25) is 4.90 Å². The van der Waals surface area contributed by atoms with Crippen LogP contribution in [0.4, 0.5) is 11.8 Å². The molecule has 7 nitrogen and oxygen atoms in total. The molecule has 3 aromatic rings. The Bertz CT molecular complexity index is 945. The number of fused-ring (bicyclic) bond motifs is 1. The Hall–Kier alpha value is -2.90. The van der Waals surface area contributed by atoms with Crippen molar-refractivity contribution in [2.75, 3.05) is 69.3 Å². The van der Waals surface area contributed by atoms with Crippen LogP contribution in [-0.2, 0) is 0 Å². The zero-order valence-electron chi connectivity index (χ0n) is 17.4. The Morgan fingerprint density at radius 3 is 2.47 bits per heavy atom. The maximum atomic E-state index is 9.17. The number of ether oxygens (including phenoxy) is 1. The molecule has 0 bridgehead atoms. The number of piperazine rings is 1. The molecule has 0 spiro atoms. The smallest absolute Gasteiger partial charge is 0.227 e. The third kappa shape index (κ3) is 4.80. The number of hydrogen-bond acceptors (Lipinski definition) is 7. The van der Waals surface area contributed by atoms with Gasteiger partial charge in [-0.2, -0.15) is 4.98 Å². The van der Waals surface area contributed by atoms with Crippen LogP contribution in [0.2, 0.25) is 0 Å². The predicted octanol–water partition coefficient (Wildman–Crippen LogP) is 2.26. The number of benzene rings is 2. The Labute approximate surface area is 177 Å². The first kappa shape index (κ1) is 20.4. The molecule has 0 amide bonds. The summed E-state index contributed by atoms with van der Waals surface area (Å²) in [4.78, 5) is 16.4. The summed E-state index contributed by atoms with van der Waals surface area (Å²) in [5.41, 5.74) is 0.950. The highest BCUT2D eigenvalue weighted by Crippen LogP contribution is 2.26. The van der Waals surface area contributed by atoms with Gasteiger partial charge in [-0.1, -0.05) is 30.3 Å². The number of nitrogens with zero attached hydrogens (tertiary/aromatic N) is 5. The van der Waals surface area contributed by atoms with Gasteiger partial charge in [-0.25, -0.2) is 4.98 Å². The Morgan fingerprint density at radius 1 is 0.967 bits per heavy atom. The lowest BCUT2D eigenvalue weighted by Gasteiger charge is -2.34. The van der Waals surface area contributed by atoms with Gasteiger partial charge in [0.2, 0.25) is 5.95 Å². The molecule has 0 atom stereocenters. The summed E-state index contributed by atoms with van der Waals surface area (Å²) in [6.45, 7) is 5.76. The molecule has 1 fully saturated rings. The van der Waals surface area contributed by atoms with E-state index in [1.807, 2.05) is 55.6 Å². The summed E-state index contributed by atoms with van der Waals surface area (Å²) in [5.74, 6) is 2.56. The van der Waals surface area contributed by atoms with E-state index in [9.17, 15) is 0 Å². The third-order valence-electron chi connectivity index (χ3n) is 5.44. The first-order valence-corrected chi connectivity index (χ1v) is 10.5. The number of rotatable bonds is 8. The van der Waals surface area contributed by atoms with Crippen molar-refractivity contribution < 1.29 is 9.84 Å². The fraction of sp³-hybridized carbons (Fsp3) is 0.391. The summed E-state index contributed by atoms with van der Waals surface area (Å²) in [6.07, 6.45) is 0. The molecule has 1 saturated heterocycles. The van der Waals surface area contributed by atoms with E-state index < -0.39 is 0 Å². The largest absolute Gasteiger partial charge is 0.492 e. The maximum absolute atomic E-state index is 9.17. The number of hydrogen-bond donors (Lipinski definition) is 1. The molecule has 30 heavy (non-hydrogen) atoms. The Balaban J connectivity index is 1.50. The van der Waals surface area contributed by atoms with E-state index in [0.29, 0.717) is 6.61 Å². The summed E-state index contributed by atoms with van der Waals surface area (Å²) in [6, 6.07) is 18.0. The van der Waals surface area contributed by atoms with E-state index in [1.165, 1.54) is 0 Å². The molecule has 0 radical (unpaired) electrons. The number of likely N-dealkylation sites (N-methyl/N-ethyl adjacent to an activating group) is 1. The molecular weight excluding hydrogens is 378 g/mol. The number of aromatic nitrogens is 2. The maximum Gasteiger partial charge on any atom is 0.227 e. The molecule has 0 unspecified atom stereocenters. The fourth-order valence-corrected chi connectivity index (χ4v) is 3.72. The second-order valence-electron chi connectivity index (χ2n) is 7.50. The first-order chi connectivity index (χ1) is 14.7. The standard InChI is InChI=1S/C23H29N5O2/c1-26(16-18-30-19-7-3-2-4-8-19)22-20-9-5-6-10-21(20)24-23(25-22)28-13-11-27(12-14-28)15-17-29/h2-10,29H,11-18H2,1H3. The van der Waals surface area contributed by atoms with Crippen molar-refractivity contribution in [2.24, 2.45) is 0 Å². The highest BCUT2D eigenvalue weighted by atomic mass is 16.5. The van der Waals surface area contributed by atoms with Crippen molar-refractivity contribution in [3.05, 3.63) is 54.6 Å². The van der Waals surface area contributed by atoms with Gasteiger partial charge in [0.1, 0.15) is 18.2 Å². The molecule has 0 aliphatic carbocycles. The minimum Gasteiger partial charge on any atom is -0.492 e. The molecule has 1 aromatic heterocycles. The van der Waals surface area contributed by atoms with Crippen molar-refractivity contribution in [3.8, 4) is 5.75 Å². The average molecular weight is 408 g/mol. The minimum absolute atomic E-state index is 0.201. The quantitative estimate of drug-likeness (QED) is 0.614. The van der Waals surface area contributed by atoms with Gasteiger partial charge in [0.05, 0.1) is 18.7 Å².